The van der Waals surface area contributed by atoms with Gasteiger partial charge in [0.15, 0.2) is 11.6 Å². The molecule has 1 aromatic carbocycles. The van der Waals surface area contributed by atoms with Crippen LogP contribution in [0.5, 0.6) is 17.5 Å². The molecule has 0 saturated carbocycles. The van der Waals surface area contributed by atoms with Crippen molar-refractivity contribution in [2.24, 2.45) is 0 Å². The van der Waals surface area contributed by atoms with Gasteiger partial charge in [-0.1, -0.05) is 17.7 Å². The maximum absolute atomic E-state index is 13.9. The fourth-order valence-corrected chi connectivity index (χ4v) is 3.00. The van der Waals surface area contributed by atoms with Crippen molar-refractivity contribution in [2.75, 3.05) is 13.1 Å². The lowest BCUT2D eigenvalue weighted by molar-refractivity contribution is 0.0123. The van der Waals surface area contributed by atoms with Gasteiger partial charge in [-0.2, -0.15) is 4.98 Å². The summed E-state index contributed by atoms with van der Waals surface area (Å²) >= 11 is 5.75. The van der Waals surface area contributed by atoms with E-state index in [4.69, 9.17) is 25.8 Å². The van der Waals surface area contributed by atoms with Crippen LogP contribution in [0.15, 0.2) is 36.4 Å². The number of nitrogens with zero attached hydrogens (tertiary/aromatic N) is 2. The van der Waals surface area contributed by atoms with Crippen LogP contribution in [0.3, 0.4) is 0 Å². The molecule has 1 aromatic heterocycles. The number of hydrogen-bond acceptors (Lipinski definition) is 5. The van der Waals surface area contributed by atoms with Crippen LogP contribution < -0.4 is 9.47 Å². The van der Waals surface area contributed by atoms with Crippen molar-refractivity contribution in [1.29, 1.82) is 0 Å². The molecule has 156 valence electrons. The van der Waals surface area contributed by atoms with E-state index in [9.17, 15) is 9.18 Å². The van der Waals surface area contributed by atoms with Crippen molar-refractivity contribution >= 4 is 17.7 Å². The normalized spacial score (nSPS) is 15.1. The second-order valence-corrected chi connectivity index (χ2v) is 8.21. The molecule has 0 atom stereocenters. The lowest BCUT2D eigenvalue weighted by atomic mass is 10.1. The molecule has 0 radical (unpaired) electrons. The van der Waals surface area contributed by atoms with Crippen molar-refractivity contribution in [1.82, 2.24) is 9.88 Å². The van der Waals surface area contributed by atoms with E-state index in [1.54, 1.807) is 29.2 Å². The van der Waals surface area contributed by atoms with E-state index in [-0.39, 0.29) is 28.8 Å². The molecule has 0 bridgehead atoms. The quantitative estimate of drug-likeness (QED) is 0.656. The first kappa shape index (κ1) is 21.2. The van der Waals surface area contributed by atoms with Gasteiger partial charge in [0.25, 0.3) is 0 Å². The van der Waals surface area contributed by atoms with Crippen LogP contribution in [-0.4, -0.2) is 40.8 Å². The topological polar surface area (TPSA) is 60.9 Å². The summed E-state index contributed by atoms with van der Waals surface area (Å²) in [7, 11) is 0. The average molecular weight is 423 g/mol. The van der Waals surface area contributed by atoms with E-state index < -0.39 is 11.4 Å². The monoisotopic (exact) mass is 422 g/mol. The van der Waals surface area contributed by atoms with Gasteiger partial charge in [0.1, 0.15) is 11.7 Å². The van der Waals surface area contributed by atoms with Crippen molar-refractivity contribution in [3.63, 3.8) is 0 Å². The summed E-state index contributed by atoms with van der Waals surface area (Å²) in [6, 6.07) is 9.21. The smallest absolute Gasteiger partial charge is 0.410 e. The highest BCUT2D eigenvalue weighted by Crippen LogP contribution is 2.27. The van der Waals surface area contributed by atoms with Gasteiger partial charge in [-0.25, -0.2) is 9.18 Å². The van der Waals surface area contributed by atoms with Crippen LogP contribution in [0.2, 0.25) is 5.02 Å². The second kappa shape index (κ2) is 8.86. The van der Waals surface area contributed by atoms with E-state index >= 15 is 0 Å². The first-order valence-corrected chi connectivity index (χ1v) is 9.82. The van der Waals surface area contributed by atoms with Crippen LogP contribution in [0.4, 0.5) is 9.18 Å². The number of benzene rings is 1. The number of carbonyl (C=O) groups is 1. The van der Waals surface area contributed by atoms with Crippen molar-refractivity contribution in [3.05, 3.63) is 47.2 Å². The molecule has 2 heterocycles. The Hall–Kier alpha value is -2.54. The first-order chi connectivity index (χ1) is 13.7. The Morgan fingerprint density at radius 1 is 1.17 bits per heavy atom. The van der Waals surface area contributed by atoms with Gasteiger partial charge < -0.3 is 19.1 Å². The van der Waals surface area contributed by atoms with Gasteiger partial charge in [-0.05, 0) is 39.0 Å². The van der Waals surface area contributed by atoms with E-state index in [0.29, 0.717) is 31.8 Å². The third-order valence-electron chi connectivity index (χ3n) is 4.19. The zero-order valence-electron chi connectivity index (χ0n) is 16.7. The lowest BCUT2D eigenvalue weighted by Gasteiger charge is -2.33. The number of rotatable bonds is 4. The molecule has 0 N–H and O–H groups in total. The zero-order chi connectivity index (χ0) is 21.0. The highest BCUT2D eigenvalue weighted by atomic mass is 35.5. The minimum atomic E-state index is -0.569. The number of carbonyl (C=O) groups excluding carboxylic acids is 1. The lowest BCUT2D eigenvalue weighted by Crippen LogP contribution is -2.44. The number of pyridine rings is 1. The number of aromatic nitrogens is 1. The number of ether oxygens (including phenoxy) is 3. The number of piperidine rings is 1. The van der Waals surface area contributed by atoms with Gasteiger partial charge in [0.05, 0.1) is 0 Å². The third kappa shape index (κ3) is 6.22. The largest absolute Gasteiger partial charge is 0.474 e. The maximum atomic E-state index is 13.9. The standard InChI is InChI=1S/C21H24ClFN2O4/c1-21(2,3)29-20(26)25-11-9-15(10-12-25)27-18-5-4-6-19(24-18)28-17-8-7-14(22)13-16(17)23/h4-8,13,15H,9-12H2,1-3H3. The Bertz CT molecular complexity index is 864. The van der Waals surface area contributed by atoms with Crippen LogP contribution in [-0.2, 0) is 4.74 Å². The average Bonchev–Trinajstić information content (AvgIpc) is 2.64. The second-order valence-electron chi connectivity index (χ2n) is 7.78. The molecule has 1 fully saturated rings. The Kier molecular flexibility index (Phi) is 6.47. The predicted molar refractivity (Wildman–Crippen MR) is 107 cm³/mol. The highest BCUT2D eigenvalue weighted by molar-refractivity contribution is 6.30. The SMILES string of the molecule is CC(C)(C)OC(=O)N1CCC(Oc2cccc(Oc3ccc(Cl)cc3F)n2)CC1. The Labute approximate surface area is 174 Å². The van der Waals surface area contributed by atoms with Crippen molar-refractivity contribution in [3.8, 4) is 17.5 Å². The Morgan fingerprint density at radius 2 is 1.86 bits per heavy atom. The van der Waals surface area contributed by atoms with E-state index in [1.165, 1.54) is 12.1 Å². The molecule has 8 heteroatoms. The minimum absolute atomic E-state index is 0.0321. The van der Waals surface area contributed by atoms with Gasteiger partial charge >= 0.3 is 6.09 Å². The molecule has 1 saturated heterocycles. The van der Waals surface area contributed by atoms with E-state index in [0.717, 1.165) is 0 Å². The number of likely N-dealkylation sites (tertiary alicyclic amines) is 1. The molecule has 2 aromatic rings. The molecule has 1 aliphatic rings. The summed E-state index contributed by atoms with van der Waals surface area (Å²) in [5.74, 6) is 0.0624. The molecule has 0 unspecified atom stereocenters. The van der Waals surface area contributed by atoms with Crippen molar-refractivity contribution in [2.45, 2.75) is 45.3 Å². The molecule has 1 aliphatic heterocycles. The van der Waals surface area contributed by atoms with E-state index in [2.05, 4.69) is 4.98 Å². The molecule has 6 nitrogen and oxygen atoms in total. The molecule has 29 heavy (non-hydrogen) atoms. The third-order valence-corrected chi connectivity index (χ3v) is 4.42. The number of hydrogen-bond donors (Lipinski definition) is 0. The molecule has 0 spiro atoms. The van der Waals surface area contributed by atoms with Crippen LogP contribution in [0.1, 0.15) is 33.6 Å². The zero-order valence-corrected chi connectivity index (χ0v) is 17.4. The van der Waals surface area contributed by atoms with Crippen LogP contribution >= 0.6 is 11.6 Å². The summed E-state index contributed by atoms with van der Waals surface area (Å²) < 4.78 is 30.7. The molecular weight excluding hydrogens is 399 g/mol. The number of amides is 1. The Morgan fingerprint density at radius 3 is 2.52 bits per heavy atom. The van der Waals surface area contributed by atoms with Crippen molar-refractivity contribution < 1.29 is 23.4 Å². The van der Waals surface area contributed by atoms with Gasteiger partial charge in [-0.3, -0.25) is 0 Å². The number of halogens is 2. The Balaban J connectivity index is 1.55. The highest BCUT2D eigenvalue weighted by Gasteiger charge is 2.27. The van der Waals surface area contributed by atoms with Crippen LogP contribution in [0.25, 0.3) is 0 Å². The summed E-state index contributed by atoms with van der Waals surface area (Å²) in [4.78, 5) is 18.1. The fourth-order valence-electron chi connectivity index (χ4n) is 2.84. The molecule has 3 rings (SSSR count). The van der Waals surface area contributed by atoms with Crippen LogP contribution in [0, 0.1) is 5.82 Å². The maximum Gasteiger partial charge on any atom is 0.410 e. The first-order valence-electron chi connectivity index (χ1n) is 9.44. The minimum Gasteiger partial charge on any atom is -0.474 e. The summed E-state index contributed by atoms with van der Waals surface area (Å²) in [5.41, 5.74) is -0.516. The predicted octanol–water partition coefficient (Wildman–Crippen LogP) is 5.44. The fraction of sp³-hybridized carbons (Fsp3) is 0.429. The van der Waals surface area contributed by atoms with E-state index in [1.807, 2.05) is 20.8 Å². The van der Waals surface area contributed by atoms with Gasteiger partial charge in [-0.15, -0.1) is 0 Å². The summed E-state index contributed by atoms with van der Waals surface area (Å²) in [6.07, 6.45) is 0.938. The molecule has 1 amide bonds. The molecular formula is C21H24ClFN2O4. The summed E-state index contributed by atoms with van der Waals surface area (Å²) in [6.45, 7) is 6.63. The van der Waals surface area contributed by atoms with Gasteiger partial charge in [0.2, 0.25) is 11.8 Å². The van der Waals surface area contributed by atoms with Gasteiger partial charge in [0, 0.05) is 43.1 Å². The summed E-state index contributed by atoms with van der Waals surface area (Å²) in [5, 5.41) is 0.289. The molecule has 0 aliphatic carbocycles.